The minimum Gasteiger partial charge on any atom is -0.433 e. The lowest BCUT2D eigenvalue weighted by Gasteiger charge is -2.11. The zero-order valence-electron chi connectivity index (χ0n) is 14.8. The quantitative estimate of drug-likeness (QED) is 0.631. The van der Waals surface area contributed by atoms with Crippen LogP contribution in [0.4, 0.5) is 14.5 Å². The first kappa shape index (κ1) is 19.0. The molecule has 1 N–H and O–H groups in total. The number of carbonyl (C=O) groups excluding carboxylic acids is 1. The molecule has 0 atom stereocenters. The smallest absolute Gasteiger partial charge is 0.387 e. The lowest BCUT2D eigenvalue weighted by molar-refractivity contribution is -0.115. The van der Waals surface area contributed by atoms with E-state index in [9.17, 15) is 13.6 Å². The predicted octanol–water partition coefficient (Wildman–Crippen LogP) is 5.21. The Labute approximate surface area is 159 Å². The molecule has 2 aromatic carbocycles. The highest BCUT2D eigenvalue weighted by Gasteiger charge is 2.17. The summed E-state index contributed by atoms with van der Waals surface area (Å²) in [6, 6.07) is 14.0. The topological polar surface area (TPSA) is 51.2 Å². The van der Waals surface area contributed by atoms with E-state index >= 15 is 0 Å². The number of hydrogen-bond acceptors (Lipinski definition) is 4. The van der Waals surface area contributed by atoms with Gasteiger partial charge in [0.1, 0.15) is 5.75 Å². The van der Waals surface area contributed by atoms with Crippen molar-refractivity contribution in [2.75, 3.05) is 5.32 Å². The molecule has 0 fully saturated rings. The summed E-state index contributed by atoms with van der Waals surface area (Å²) in [5, 5.41) is 3.50. The minimum atomic E-state index is -2.96. The molecule has 1 aromatic heterocycles. The van der Waals surface area contributed by atoms with Gasteiger partial charge in [0.05, 0.1) is 22.8 Å². The van der Waals surface area contributed by atoms with Gasteiger partial charge in [0.25, 0.3) is 0 Å². The monoisotopic (exact) mass is 388 g/mol. The lowest BCUT2D eigenvalue weighted by atomic mass is 10.1. The van der Waals surface area contributed by atoms with Crippen LogP contribution in [0.15, 0.2) is 48.5 Å². The number of ether oxygens (including phenoxy) is 1. The standard InChI is InChI=1S/C20H18F2N2O2S/c1-12-7-9-14(10-8-12)19-17(27-13(2)23-19)11-18(25)24-15-5-3-4-6-16(15)26-20(21)22/h3-10,20H,11H2,1-2H3,(H,24,25). The van der Waals surface area contributed by atoms with Gasteiger partial charge >= 0.3 is 6.61 Å². The van der Waals surface area contributed by atoms with Crippen molar-refractivity contribution in [1.29, 1.82) is 0 Å². The summed E-state index contributed by atoms with van der Waals surface area (Å²) in [5.41, 5.74) is 3.06. The van der Waals surface area contributed by atoms with Crippen molar-refractivity contribution in [2.45, 2.75) is 26.9 Å². The van der Waals surface area contributed by atoms with E-state index < -0.39 is 6.61 Å². The van der Waals surface area contributed by atoms with Gasteiger partial charge in [-0.1, -0.05) is 42.0 Å². The van der Waals surface area contributed by atoms with Crippen molar-refractivity contribution in [3.8, 4) is 17.0 Å². The third-order valence-electron chi connectivity index (χ3n) is 3.83. The number of aryl methyl sites for hydroxylation is 2. The van der Waals surface area contributed by atoms with Crippen molar-refractivity contribution in [2.24, 2.45) is 0 Å². The maximum atomic E-state index is 12.5. The summed E-state index contributed by atoms with van der Waals surface area (Å²) in [4.78, 5) is 17.9. The minimum absolute atomic E-state index is 0.0694. The van der Waals surface area contributed by atoms with Gasteiger partial charge in [-0.05, 0) is 26.0 Å². The fraction of sp³-hybridized carbons (Fsp3) is 0.200. The molecule has 0 aliphatic rings. The van der Waals surface area contributed by atoms with Gasteiger partial charge in [-0.2, -0.15) is 8.78 Å². The van der Waals surface area contributed by atoms with Crippen LogP contribution >= 0.6 is 11.3 Å². The van der Waals surface area contributed by atoms with Gasteiger partial charge in [-0.3, -0.25) is 4.79 Å². The number of thiazole rings is 1. The van der Waals surface area contributed by atoms with Gasteiger partial charge in [-0.25, -0.2) is 4.98 Å². The molecule has 4 nitrogen and oxygen atoms in total. The number of benzene rings is 2. The Balaban J connectivity index is 1.79. The maximum Gasteiger partial charge on any atom is 0.387 e. The molecular weight excluding hydrogens is 370 g/mol. The van der Waals surface area contributed by atoms with Crippen molar-refractivity contribution < 1.29 is 18.3 Å². The molecule has 1 amide bonds. The van der Waals surface area contributed by atoms with E-state index in [1.165, 1.54) is 23.5 Å². The van der Waals surface area contributed by atoms with Crippen LogP contribution < -0.4 is 10.1 Å². The van der Waals surface area contributed by atoms with Crippen molar-refractivity contribution >= 4 is 22.9 Å². The zero-order chi connectivity index (χ0) is 19.4. The summed E-state index contributed by atoms with van der Waals surface area (Å²) in [6.45, 7) is 0.930. The van der Waals surface area contributed by atoms with Crippen LogP contribution in [-0.2, 0) is 11.2 Å². The van der Waals surface area contributed by atoms with Crippen LogP contribution in [0.2, 0.25) is 0 Å². The lowest BCUT2D eigenvalue weighted by Crippen LogP contribution is -2.15. The second-order valence-electron chi connectivity index (χ2n) is 5.97. The number of halogens is 2. The Hall–Kier alpha value is -2.80. The molecule has 27 heavy (non-hydrogen) atoms. The first-order chi connectivity index (χ1) is 12.9. The Bertz CT molecular complexity index is 939. The fourth-order valence-corrected chi connectivity index (χ4v) is 3.59. The van der Waals surface area contributed by atoms with Gasteiger partial charge < -0.3 is 10.1 Å². The Morgan fingerprint density at radius 2 is 1.85 bits per heavy atom. The molecule has 140 valence electrons. The van der Waals surface area contributed by atoms with E-state index in [1.54, 1.807) is 12.1 Å². The number of para-hydroxylation sites is 2. The summed E-state index contributed by atoms with van der Waals surface area (Å²) in [6.07, 6.45) is 0.0950. The van der Waals surface area contributed by atoms with Crippen LogP contribution in [0.3, 0.4) is 0 Å². The fourth-order valence-electron chi connectivity index (χ4n) is 2.63. The van der Waals surface area contributed by atoms with E-state index in [1.807, 2.05) is 38.1 Å². The maximum absolute atomic E-state index is 12.5. The van der Waals surface area contributed by atoms with Crippen molar-refractivity contribution in [3.05, 3.63) is 64.0 Å². The van der Waals surface area contributed by atoms with Gasteiger partial charge in [0.15, 0.2) is 0 Å². The molecule has 7 heteroatoms. The van der Waals surface area contributed by atoms with Crippen LogP contribution in [0.1, 0.15) is 15.4 Å². The second-order valence-corrected chi connectivity index (χ2v) is 7.26. The molecule has 1 heterocycles. The highest BCUT2D eigenvalue weighted by atomic mass is 32.1. The number of nitrogens with one attached hydrogen (secondary N) is 1. The van der Waals surface area contributed by atoms with Crippen LogP contribution in [0, 0.1) is 13.8 Å². The molecule has 3 rings (SSSR count). The molecule has 0 saturated carbocycles. The number of rotatable bonds is 6. The van der Waals surface area contributed by atoms with E-state index in [2.05, 4.69) is 15.0 Å². The molecule has 0 unspecified atom stereocenters. The number of aromatic nitrogens is 1. The molecule has 0 saturated heterocycles. The highest BCUT2D eigenvalue weighted by molar-refractivity contribution is 7.12. The number of hydrogen-bond donors (Lipinski definition) is 1. The average molecular weight is 388 g/mol. The van der Waals surface area contributed by atoms with E-state index in [4.69, 9.17) is 0 Å². The molecule has 0 radical (unpaired) electrons. The number of amides is 1. The molecule has 3 aromatic rings. The third kappa shape index (κ3) is 4.89. The van der Waals surface area contributed by atoms with E-state index in [-0.39, 0.29) is 23.8 Å². The average Bonchev–Trinajstić information content (AvgIpc) is 2.97. The van der Waals surface area contributed by atoms with Crippen molar-refractivity contribution in [3.63, 3.8) is 0 Å². The molecule has 0 aliphatic heterocycles. The normalized spacial score (nSPS) is 10.9. The summed E-state index contributed by atoms with van der Waals surface area (Å²) in [5.74, 6) is -0.391. The zero-order valence-corrected chi connectivity index (χ0v) is 15.6. The van der Waals surface area contributed by atoms with Crippen LogP contribution in [-0.4, -0.2) is 17.5 Å². The largest absolute Gasteiger partial charge is 0.433 e. The van der Waals surface area contributed by atoms with Gasteiger partial charge in [-0.15, -0.1) is 11.3 Å². The van der Waals surface area contributed by atoms with Gasteiger partial charge in [0.2, 0.25) is 5.91 Å². The van der Waals surface area contributed by atoms with Crippen LogP contribution in [0.25, 0.3) is 11.3 Å². The number of carbonyl (C=O) groups is 1. The summed E-state index contributed by atoms with van der Waals surface area (Å²) < 4.78 is 29.5. The molecule has 0 bridgehead atoms. The SMILES string of the molecule is Cc1ccc(-c2nc(C)sc2CC(=O)Nc2ccccc2OC(F)F)cc1. The predicted molar refractivity (Wildman–Crippen MR) is 102 cm³/mol. The number of nitrogens with zero attached hydrogens (tertiary/aromatic N) is 1. The third-order valence-corrected chi connectivity index (χ3v) is 4.80. The Morgan fingerprint density at radius 1 is 1.15 bits per heavy atom. The molecular formula is C20H18F2N2O2S. The Morgan fingerprint density at radius 3 is 2.56 bits per heavy atom. The van der Waals surface area contributed by atoms with Crippen LogP contribution in [0.5, 0.6) is 5.75 Å². The first-order valence-corrected chi connectivity index (χ1v) is 9.11. The number of anilines is 1. The highest BCUT2D eigenvalue weighted by Crippen LogP contribution is 2.30. The van der Waals surface area contributed by atoms with E-state index in [0.717, 1.165) is 26.7 Å². The molecule has 0 aliphatic carbocycles. The number of alkyl halides is 2. The first-order valence-electron chi connectivity index (χ1n) is 8.29. The summed E-state index contributed by atoms with van der Waals surface area (Å²) in [7, 11) is 0. The van der Waals surface area contributed by atoms with E-state index in [0.29, 0.717) is 0 Å². The Kier molecular flexibility index (Phi) is 5.81. The second kappa shape index (κ2) is 8.26. The molecule has 0 spiro atoms. The van der Waals surface area contributed by atoms with Crippen molar-refractivity contribution in [1.82, 2.24) is 4.98 Å². The van der Waals surface area contributed by atoms with Gasteiger partial charge in [0, 0.05) is 10.4 Å². The summed E-state index contributed by atoms with van der Waals surface area (Å²) >= 11 is 1.44.